The molecule has 30 heavy (non-hydrogen) atoms. The lowest BCUT2D eigenvalue weighted by Gasteiger charge is -2.14. The largest absolute Gasteiger partial charge is 0.488 e. The Kier molecular flexibility index (Phi) is 6.84. The zero-order chi connectivity index (χ0) is 21.7. The second kappa shape index (κ2) is 9.54. The maximum Gasteiger partial charge on any atom is 0.303 e. The van der Waals surface area contributed by atoms with Crippen molar-refractivity contribution in [2.24, 2.45) is 0 Å². The van der Waals surface area contributed by atoms with Crippen molar-refractivity contribution in [1.29, 1.82) is 0 Å². The van der Waals surface area contributed by atoms with E-state index in [2.05, 4.69) is 30.9 Å². The molecule has 0 aliphatic rings. The molecule has 4 heteroatoms. The van der Waals surface area contributed by atoms with Crippen LogP contribution in [0.15, 0.2) is 34.7 Å². The minimum atomic E-state index is -0.785. The van der Waals surface area contributed by atoms with E-state index in [9.17, 15) is 4.79 Å². The number of aryl methyl sites for hydroxylation is 2. The summed E-state index contributed by atoms with van der Waals surface area (Å²) in [5, 5.41) is 9.99. The van der Waals surface area contributed by atoms with Crippen LogP contribution in [0.3, 0.4) is 0 Å². The van der Waals surface area contributed by atoms with Crippen molar-refractivity contribution in [3.8, 4) is 17.6 Å². The summed E-state index contributed by atoms with van der Waals surface area (Å²) in [4.78, 5) is 10.9. The number of rotatable bonds is 8. The van der Waals surface area contributed by atoms with Gasteiger partial charge in [-0.05, 0) is 74.6 Å². The molecule has 0 bridgehead atoms. The van der Waals surface area contributed by atoms with Crippen LogP contribution in [0.4, 0.5) is 0 Å². The molecule has 0 aliphatic heterocycles. The molecule has 1 N–H and O–H groups in total. The fraction of sp³-hybridized carbons (Fsp3) is 0.346. The summed E-state index contributed by atoms with van der Waals surface area (Å²) in [6, 6.07) is 10.1. The van der Waals surface area contributed by atoms with Crippen molar-refractivity contribution in [3.63, 3.8) is 0 Å². The molecule has 1 heterocycles. The van der Waals surface area contributed by atoms with E-state index in [1.54, 1.807) is 0 Å². The van der Waals surface area contributed by atoms with Crippen molar-refractivity contribution in [2.45, 2.75) is 60.0 Å². The van der Waals surface area contributed by atoms with E-state index in [0.717, 1.165) is 63.1 Å². The third-order valence-electron chi connectivity index (χ3n) is 5.35. The lowest BCUT2D eigenvalue weighted by atomic mass is 9.99. The minimum absolute atomic E-state index is 0.127. The first kappa shape index (κ1) is 21.5. The summed E-state index contributed by atoms with van der Waals surface area (Å²) < 4.78 is 12.3. The number of carbonyl (C=O) groups is 1. The van der Waals surface area contributed by atoms with Crippen LogP contribution in [0.5, 0.6) is 5.75 Å². The molecule has 0 unspecified atom stereocenters. The summed E-state index contributed by atoms with van der Waals surface area (Å²) in [6.45, 7) is 8.37. The van der Waals surface area contributed by atoms with E-state index in [1.165, 1.54) is 0 Å². The number of furan rings is 1. The number of fused-ring (bicyclic) bond motifs is 1. The first-order chi connectivity index (χ1) is 14.4. The van der Waals surface area contributed by atoms with Gasteiger partial charge < -0.3 is 14.3 Å². The molecule has 0 aliphatic carbocycles. The van der Waals surface area contributed by atoms with Crippen LogP contribution in [-0.4, -0.2) is 11.1 Å². The molecule has 0 fully saturated rings. The molecule has 3 rings (SSSR count). The highest BCUT2D eigenvalue weighted by atomic mass is 16.5. The van der Waals surface area contributed by atoms with Gasteiger partial charge in [-0.1, -0.05) is 18.9 Å². The first-order valence-electron chi connectivity index (χ1n) is 10.3. The first-order valence-corrected chi connectivity index (χ1v) is 10.3. The van der Waals surface area contributed by atoms with Gasteiger partial charge in [-0.15, -0.1) is 5.92 Å². The van der Waals surface area contributed by atoms with E-state index in [0.29, 0.717) is 13.0 Å². The zero-order valence-corrected chi connectivity index (χ0v) is 18.1. The Labute approximate surface area is 177 Å². The maximum atomic E-state index is 10.9. The van der Waals surface area contributed by atoms with Crippen molar-refractivity contribution < 1.29 is 19.1 Å². The third kappa shape index (κ3) is 4.86. The Hall–Kier alpha value is -3.19. The van der Waals surface area contributed by atoms with Crippen LogP contribution in [0, 0.1) is 25.7 Å². The number of carboxylic acid groups (broad SMARTS) is 1. The summed E-state index contributed by atoms with van der Waals surface area (Å²) in [6.07, 6.45) is 2.58. The third-order valence-corrected chi connectivity index (χ3v) is 5.35. The molecule has 2 aromatic carbocycles. The van der Waals surface area contributed by atoms with Crippen LogP contribution in [0.2, 0.25) is 0 Å². The Morgan fingerprint density at radius 2 is 1.90 bits per heavy atom. The van der Waals surface area contributed by atoms with E-state index in [4.69, 9.17) is 14.3 Å². The molecule has 156 valence electrons. The summed E-state index contributed by atoms with van der Waals surface area (Å²) in [5.41, 5.74) is 5.93. The lowest BCUT2D eigenvalue weighted by Crippen LogP contribution is -2.03. The highest BCUT2D eigenvalue weighted by Crippen LogP contribution is 2.29. The Balaban J connectivity index is 1.88. The van der Waals surface area contributed by atoms with E-state index >= 15 is 0 Å². The quantitative estimate of drug-likeness (QED) is 0.470. The predicted octanol–water partition coefficient (Wildman–Crippen LogP) is 5.97. The molecular weight excluding hydrogens is 376 g/mol. The SMILES string of the molecule is CC#Cc1cc(COc2ccc(CCC(=O)O)c(C)c2C)c2oc(CCC)cc2c1. The van der Waals surface area contributed by atoms with Gasteiger partial charge in [0.2, 0.25) is 0 Å². The molecule has 0 saturated heterocycles. The van der Waals surface area contributed by atoms with Gasteiger partial charge in [-0.2, -0.15) is 0 Å². The standard InChI is InChI=1S/C26H28O4/c1-5-7-19-13-21-15-23(8-6-2)30-26(21)22(14-19)16-29-24-11-9-20(10-12-25(27)28)17(3)18(24)4/h9,11,13-15H,6,8,10,12,16H2,1-4H3,(H,27,28). The molecule has 4 nitrogen and oxygen atoms in total. The molecule has 0 atom stereocenters. The molecule has 0 saturated carbocycles. The van der Waals surface area contributed by atoms with E-state index in [1.807, 2.05) is 39.0 Å². The highest BCUT2D eigenvalue weighted by Gasteiger charge is 2.13. The molecule has 0 amide bonds. The van der Waals surface area contributed by atoms with Crippen LogP contribution < -0.4 is 4.74 Å². The van der Waals surface area contributed by atoms with Gasteiger partial charge in [0.1, 0.15) is 23.7 Å². The number of hydrogen-bond donors (Lipinski definition) is 1. The normalized spacial score (nSPS) is 10.7. The summed E-state index contributed by atoms with van der Waals surface area (Å²) in [5.74, 6) is 7.09. The topological polar surface area (TPSA) is 59.7 Å². The Morgan fingerprint density at radius 3 is 2.60 bits per heavy atom. The average molecular weight is 405 g/mol. The second-order valence-corrected chi connectivity index (χ2v) is 7.55. The predicted molar refractivity (Wildman–Crippen MR) is 119 cm³/mol. The zero-order valence-electron chi connectivity index (χ0n) is 18.1. The van der Waals surface area contributed by atoms with Gasteiger partial charge in [0.25, 0.3) is 0 Å². The van der Waals surface area contributed by atoms with Gasteiger partial charge >= 0.3 is 5.97 Å². The fourth-order valence-electron chi connectivity index (χ4n) is 3.65. The minimum Gasteiger partial charge on any atom is -0.488 e. The van der Waals surface area contributed by atoms with Crippen LogP contribution in [0.1, 0.15) is 60.3 Å². The summed E-state index contributed by atoms with van der Waals surface area (Å²) >= 11 is 0. The maximum absolute atomic E-state index is 10.9. The number of carboxylic acids is 1. The van der Waals surface area contributed by atoms with E-state index in [-0.39, 0.29) is 6.42 Å². The van der Waals surface area contributed by atoms with Crippen LogP contribution in [-0.2, 0) is 24.2 Å². The number of ether oxygens (including phenoxy) is 1. The molecule has 1 aromatic heterocycles. The van der Waals surface area contributed by atoms with Crippen molar-refractivity contribution in [3.05, 3.63) is 63.9 Å². The number of aliphatic carboxylic acids is 1. The number of hydrogen-bond acceptors (Lipinski definition) is 3. The lowest BCUT2D eigenvalue weighted by molar-refractivity contribution is -0.136. The van der Waals surface area contributed by atoms with Crippen LogP contribution >= 0.6 is 0 Å². The van der Waals surface area contributed by atoms with Crippen LogP contribution in [0.25, 0.3) is 11.0 Å². The fourth-order valence-corrected chi connectivity index (χ4v) is 3.65. The van der Waals surface area contributed by atoms with Gasteiger partial charge in [0.05, 0.1) is 0 Å². The number of benzene rings is 2. The van der Waals surface area contributed by atoms with Crippen molar-refractivity contribution in [1.82, 2.24) is 0 Å². The molecule has 3 aromatic rings. The van der Waals surface area contributed by atoms with Gasteiger partial charge in [0.15, 0.2) is 0 Å². The van der Waals surface area contributed by atoms with E-state index < -0.39 is 5.97 Å². The van der Waals surface area contributed by atoms with Crippen molar-refractivity contribution in [2.75, 3.05) is 0 Å². The molecule has 0 spiro atoms. The highest BCUT2D eigenvalue weighted by molar-refractivity contribution is 5.83. The van der Waals surface area contributed by atoms with Gasteiger partial charge in [0, 0.05) is 29.4 Å². The average Bonchev–Trinajstić information content (AvgIpc) is 3.11. The molecular formula is C26H28O4. The van der Waals surface area contributed by atoms with Gasteiger partial charge in [-0.3, -0.25) is 4.79 Å². The second-order valence-electron chi connectivity index (χ2n) is 7.55. The smallest absolute Gasteiger partial charge is 0.303 e. The monoisotopic (exact) mass is 404 g/mol. The Morgan fingerprint density at radius 1 is 1.10 bits per heavy atom. The van der Waals surface area contributed by atoms with Gasteiger partial charge in [-0.25, -0.2) is 0 Å². The molecule has 0 radical (unpaired) electrons. The van der Waals surface area contributed by atoms with Crippen molar-refractivity contribution >= 4 is 16.9 Å². The summed E-state index contributed by atoms with van der Waals surface area (Å²) in [7, 11) is 0. The Bertz CT molecular complexity index is 1130.